The third kappa shape index (κ3) is 3.45. The number of hydrogen-bond acceptors (Lipinski definition) is 4. The molecule has 6 heteroatoms. The van der Waals surface area contributed by atoms with Gasteiger partial charge in [-0.3, -0.25) is 14.9 Å². The number of nitro groups is 1. The third-order valence-electron chi connectivity index (χ3n) is 2.47. The van der Waals surface area contributed by atoms with Crippen LogP contribution in [0, 0.1) is 22.5 Å². The van der Waals surface area contributed by atoms with Gasteiger partial charge in [0.25, 0.3) is 11.6 Å². The van der Waals surface area contributed by atoms with Crippen molar-refractivity contribution in [1.29, 1.82) is 0 Å². The van der Waals surface area contributed by atoms with E-state index in [1.54, 1.807) is 21.0 Å². The zero-order chi connectivity index (χ0) is 14.6. The van der Waals surface area contributed by atoms with Crippen LogP contribution in [0.3, 0.4) is 0 Å². The largest absolute Gasteiger partial charge is 0.366 e. The molecule has 1 amide bonds. The highest BCUT2D eigenvalue weighted by Gasteiger charge is 2.19. The first-order valence-corrected chi connectivity index (χ1v) is 5.59. The summed E-state index contributed by atoms with van der Waals surface area (Å²) in [6.07, 6.45) is 5.22. The van der Waals surface area contributed by atoms with Crippen molar-refractivity contribution in [3.05, 3.63) is 33.9 Å². The van der Waals surface area contributed by atoms with E-state index in [2.05, 4.69) is 11.2 Å². The van der Waals surface area contributed by atoms with Gasteiger partial charge < -0.3 is 10.2 Å². The molecule has 0 aliphatic carbocycles. The smallest absolute Gasteiger partial charge is 0.293 e. The van der Waals surface area contributed by atoms with Crippen LogP contribution in [0.4, 0.5) is 11.4 Å². The number of benzene rings is 1. The van der Waals surface area contributed by atoms with Gasteiger partial charge in [-0.25, -0.2) is 0 Å². The number of terminal acetylenes is 1. The van der Waals surface area contributed by atoms with Crippen LogP contribution in [-0.4, -0.2) is 35.9 Å². The van der Waals surface area contributed by atoms with E-state index >= 15 is 0 Å². The van der Waals surface area contributed by atoms with E-state index in [9.17, 15) is 14.9 Å². The minimum absolute atomic E-state index is 0.171. The van der Waals surface area contributed by atoms with Gasteiger partial charge in [0.1, 0.15) is 5.69 Å². The number of carbonyl (C=O) groups is 1. The molecular formula is C13H15N3O3. The molecule has 0 aliphatic rings. The number of nitrogens with one attached hydrogen (secondary N) is 1. The van der Waals surface area contributed by atoms with Crippen LogP contribution in [0.2, 0.25) is 0 Å². The summed E-state index contributed by atoms with van der Waals surface area (Å²) >= 11 is 0. The van der Waals surface area contributed by atoms with Gasteiger partial charge >= 0.3 is 0 Å². The van der Waals surface area contributed by atoms with Crippen molar-refractivity contribution in [3.63, 3.8) is 0 Å². The first kappa shape index (κ1) is 14.5. The van der Waals surface area contributed by atoms with Crippen molar-refractivity contribution in [3.8, 4) is 12.3 Å². The van der Waals surface area contributed by atoms with Gasteiger partial charge in [0.15, 0.2) is 0 Å². The van der Waals surface area contributed by atoms with Crippen LogP contribution in [0.1, 0.15) is 17.3 Å². The Morgan fingerprint density at radius 2 is 2.16 bits per heavy atom. The Morgan fingerprint density at radius 1 is 1.53 bits per heavy atom. The SMILES string of the molecule is C#CC(C)Nc1ccc(C(=O)N(C)C)cc1[N+](=O)[O-]. The molecule has 0 bridgehead atoms. The topological polar surface area (TPSA) is 75.5 Å². The van der Waals surface area contributed by atoms with E-state index < -0.39 is 4.92 Å². The predicted octanol–water partition coefficient (Wildman–Crippen LogP) is 1.73. The minimum Gasteiger partial charge on any atom is -0.366 e. The molecule has 1 aromatic carbocycles. The highest BCUT2D eigenvalue weighted by molar-refractivity contribution is 5.95. The summed E-state index contributed by atoms with van der Waals surface area (Å²) in [4.78, 5) is 23.6. The Kier molecular flexibility index (Phi) is 4.48. The molecule has 1 unspecified atom stereocenters. The highest BCUT2D eigenvalue weighted by atomic mass is 16.6. The molecule has 1 N–H and O–H groups in total. The molecule has 6 nitrogen and oxygen atoms in total. The summed E-state index contributed by atoms with van der Waals surface area (Å²) in [6, 6.07) is 3.92. The first-order chi connectivity index (χ1) is 8.86. The molecule has 1 atom stereocenters. The van der Waals surface area contributed by atoms with Crippen LogP contribution < -0.4 is 5.32 Å². The van der Waals surface area contributed by atoms with E-state index in [4.69, 9.17) is 6.42 Å². The summed E-state index contributed by atoms with van der Waals surface area (Å²) in [5, 5.41) is 13.9. The van der Waals surface area contributed by atoms with Crippen molar-refractivity contribution < 1.29 is 9.72 Å². The number of carbonyl (C=O) groups excluding carboxylic acids is 1. The monoisotopic (exact) mass is 261 g/mol. The van der Waals surface area contributed by atoms with E-state index in [0.717, 1.165) is 0 Å². The number of anilines is 1. The second kappa shape index (κ2) is 5.87. The molecule has 0 saturated carbocycles. The van der Waals surface area contributed by atoms with E-state index in [-0.39, 0.29) is 23.2 Å². The van der Waals surface area contributed by atoms with Gasteiger partial charge in [-0.2, -0.15) is 0 Å². The van der Waals surface area contributed by atoms with E-state index in [0.29, 0.717) is 5.69 Å². The molecular weight excluding hydrogens is 246 g/mol. The molecule has 0 spiro atoms. The van der Waals surface area contributed by atoms with Gasteiger partial charge in [-0.1, -0.05) is 5.92 Å². The van der Waals surface area contributed by atoms with Gasteiger partial charge in [0.2, 0.25) is 0 Å². The molecule has 0 aromatic heterocycles. The molecule has 0 aliphatic heterocycles. The third-order valence-corrected chi connectivity index (χ3v) is 2.47. The fraction of sp³-hybridized carbons (Fsp3) is 0.308. The summed E-state index contributed by atoms with van der Waals surface area (Å²) < 4.78 is 0. The molecule has 0 heterocycles. The van der Waals surface area contributed by atoms with Crippen molar-refractivity contribution in [2.24, 2.45) is 0 Å². The molecule has 1 rings (SSSR count). The summed E-state index contributed by atoms with van der Waals surface area (Å²) in [5.74, 6) is 2.13. The van der Waals surface area contributed by atoms with Crippen molar-refractivity contribution >= 4 is 17.3 Å². The standard InChI is InChI=1S/C13H15N3O3/c1-5-9(2)14-11-7-6-10(13(17)15(3)4)8-12(11)16(18)19/h1,6-9,14H,2-4H3. The molecule has 0 saturated heterocycles. The van der Waals surface area contributed by atoms with Gasteiger partial charge in [0, 0.05) is 25.7 Å². The van der Waals surface area contributed by atoms with Crippen molar-refractivity contribution in [1.82, 2.24) is 4.90 Å². The van der Waals surface area contributed by atoms with Crippen LogP contribution in [0.25, 0.3) is 0 Å². The fourth-order valence-corrected chi connectivity index (χ4v) is 1.47. The highest BCUT2D eigenvalue weighted by Crippen LogP contribution is 2.26. The summed E-state index contributed by atoms with van der Waals surface area (Å²) in [6.45, 7) is 1.71. The quantitative estimate of drug-likeness (QED) is 0.509. The lowest BCUT2D eigenvalue weighted by molar-refractivity contribution is -0.384. The van der Waals surface area contributed by atoms with Gasteiger partial charge in [-0.05, 0) is 19.1 Å². The molecule has 100 valence electrons. The normalized spacial score (nSPS) is 11.3. The minimum atomic E-state index is -0.544. The lowest BCUT2D eigenvalue weighted by Crippen LogP contribution is -2.22. The predicted molar refractivity (Wildman–Crippen MR) is 73.0 cm³/mol. The van der Waals surface area contributed by atoms with Crippen molar-refractivity contribution in [2.45, 2.75) is 13.0 Å². The molecule has 19 heavy (non-hydrogen) atoms. The number of hydrogen-bond donors (Lipinski definition) is 1. The fourth-order valence-electron chi connectivity index (χ4n) is 1.47. The maximum absolute atomic E-state index is 11.8. The van der Waals surface area contributed by atoms with Gasteiger partial charge in [0.05, 0.1) is 11.0 Å². The number of nitrogens with zero attached hydrogens (tertiary/aromatic N) is 2. The van der Waals surface area contributed by atoms with Crippen LogP contribution in [0.5, 0.6) is 0 Å². The van der Waals surface area contributed by atoms with Gasteiger partial charge in [-0.15, -0.1) is 6.42 Å². The van der Waals surface area contributed by atoms with Crippen molar-refractivity contribution in [2.75, 3.05) is 19.4 Å². The average Bonchev–Trinajstić information content (AvgIpc) is 2.37. The Labute approximate surface area is 111 Å². The lowest BCUT2D eigenvalue weighted by Gasteiger charge is -2.13. The lowest BCUT2D eigenvalue weighted by atomic mass is 10.1. The second-order valence-electron chi connectivity index (χ2n) is 4.22. The Hall–Kier alpha value is -2.55. The molecule has 0 radical (unpaired) electrons. The zero-order valence-electron chi connectivity index (χ0n) is 11.0. The Morgan fingerprint density at radius 3 is 2.63 bits per heavy atom. The van der Waals surface area contributed by atoms with E-state index in [1.807, 2.05) is 0 Å². The summed E-state index contributed by atoms with van der Waals surface area (Å²) in [7, 11) is 3.17. The van der Waals surface area contributed by atoms with Crippen LogP contribution >= 0.6 is 0 Å². The number of rotatable bonds is 4. The first-order valence-electron chi connectivity index (χ1n) is 5.59. The maximum atomic E-state index is 11.8. The molecule has 0 fully saturated rings. The maximum Gasteiger partial charge on any atom is 0.293 e. The summed E-state index contributed by atoms with van der Waals surface area (Å²) in [5.41, 5.74) is 0.385. The number of nitro benzene ring substituents is 1. The Balaban J connectivity index is 3.19. The van der Waals surface area contributed by atoms with Crippen LogP contribution in [-0.2, 0) is 0 Å². The molecule has 1 aromatic rings. The van der Waals surface area contributed by atoms with E-state index in [1.165, 1.54) is 23.1 Å². The second-order valence-corrected chi connectivity index (χ2v) is 4.22. The Bertz CT molecular complexity index is 547. The average molecular weight is 261 g/mol. The number of amides is 1. The van der Waals surface area contributed by atoms with Crippen LogP contribution in [0.15, 0.2) is 18.2 Å². The zero-order valence-corrected chi connectivity index (χ0v) is 11.0.